The van der Waals surface area contributed by atoms with Gasteiger partial charge in [-0.25, -0.2) is 8.78 Å². The van der Waals surface area contributed by atoms with E-state index < -0.39 is 5.82 Å². The highest BCUT2D eigenvalue weighted by molar-refractivity contribution is 5.47. The zero-order valence-electron chi connectivity index (χ0n) is 12.9. The Morgan fingerprint density at radius 2 is 2.04 bits per heavy atom. The molecular weight excluding hydrogens is 316 g/mol. The quantitative estimate of drug-likeness (QED) is 0.743. The molecule has 0 spiro atoms. The van der Waals surface area contributed by atoms with Crippen LogP contribution in [0.25, 0.3) is 0 Å². The van der Waals surface area contributed by atoms with Gasteiger partial charge in [0.05, 0.1) is 6.54 Å². The van der Waals surface area contributed by atoms with E-state index in [1.165, 1.54) is 24.3 Å². The van der Waals surface area contributed by atoms with Crippen molar-refractivity contribution in [2.75, 3.05) is 5.32 Å². The summed E-state index contributed by atoms with van der Waals surface area (Å²) < 4.78 is 37.5. The molecule has 5 nitrogen and oxygen atoms in total. The van der Waals surface area contributed by atoms with Crippen molar-refractivity contribution in [1.82, 2.24) is 10.1 Å². The smallest absolute Gasteiger partial charge is 0.245 e. The minimum atomic E-state index is -0.516. The molecule has 0 amide bonds. The van der Waals surface area contributed by atoms with E-state index in [1.807, 2.05) is 0 Å². The SMILES string of the molecule is Cc1noc(CNc2ccc(OCc3cccc(F)c3)c(F)c2)n1. The molecule has 1 N–H and O–H groups in total. The molecular formula is C17H15F2N3O2. The van der Waals surface area contributed by atoms with Gasteiger partial charge in [-0.15, -0.1) is 0 Å². The fraction of sp³-hybridized carbons (Fsp3) is 0.176. The first-order chi connectivity index (χ1) is 11.6. The van der Waals surface area contributed by atoms with Gasteiger partial charge in [0, 0.05) is 11.8 Å². The summed E-state index contributed by atoms with van der Waals surface area (Å²) in [5.74, 6) is 0.183. The number of ether oxygens (including phenoxy) is 1. The predicted octanol–water partition coefficient (Wildman–Crippen LogP) is 3.85. The number of aromatic nitrogens is 2. The first kappa shape index (κ1) is 15.9. The molecule has 3 aromatic rings. The number of aryl methyl sites for hydroxylation is 1. The number of nitrogens with one attached hydrogen (secondary N) is 1. The molecule has 0 aliphatic carbocycles. The normalized spacial score (nSPS) is 10.6. The van der Waals surface area contributed by atoms with Crippen molar-refractivity contribution < 1.29 is 18.0 Å². The molecule has 0 radical (unpaired) electrons. The van der Waals surface area contributed by atoms with E-state index in [1.54, 1.807) is 25.1 Å². The molecule has 24 heavy (non-hydrogen) atoms. The summed E-state index contributed by atoms with van der Waals surface area (Å²) in [6.07, 6.45) is 0. The lowest BCUT2D eigenvalue weighted by atomic mass is 10.2. The van der Waals surface area contributed by atoms with Gasteiger partial charge in [0.2, 0.25) is 5.89 Å². The molecule has 0 saturated carbocycles. The molecule has 0 fully saturated rings. The van der Waals surface area contributed by atoms with Gasteiger partial charge in [0.1, 0.15) is 12.4 Å². The molecule has 3 rings (SSSR count). The summed E-state index contributed by atoms with van der Waals surface area (Å²) in [6, 6.07) is 10.5. The van der Waals surface area contributed by atoms with Crippen molar-refractivity contribution in [2.24, 2.45) is 0 Å². The number of rotatable bonds is 6. The second kappa shape index (κ2) is 7.08. The number of nitrogens with zero attached hydrogens (tertiary/aromatic N) is 2. The summed E-state index contributed by atoms with van der Waals surface area (Å²) in [6.45, 7) is 2.10. The molecule has 0 aliphatic heterocycles. The summed E-state index contributed by atoms with van der Waals surface area (Å²) in [4.78, 5) is 4.05. The van der Waals surface area contributed by atoms with Crippen LogP contribution in [0.5, 0.6) is 5.75 Å². The average Bonchev–Trinajstić information content (AvgIpc) is 2.98. The van der Waals surface area contributed by atoms with Crippen molar-refractivity contribution in [2.45, 2.75) is 20.1 Å². The minimum absolute atomic E-state index is 0.0860. The fourth-order valence-electron chi connectivity index (χ4n) is 2.11. The van der Waals surface area contributed by atoms with Crippen LogP contribution in [0.1, 0.15) is 17.3 Å². The Morgan fingerprint density at radius 1 is 1.17 bits per heavy atom. The summed E-state index contributed by atoms with van der Waals surface area (Å²) in [5.41, 5.74) is 1.19. The third kappa shape index (κ3) is 4.07. The van der Waals surface area contributed by atoms with Crippen LogP contribution in [0.4, 0.5) is 14.5 Å². The third-order valence-corrected chi connectivity index (χ3v) is 3.23. The number of anilines is 1. The van der Waals surface area contributed by atoms with Crippen LogP contribution in [0.2, 0.25) is 0 Å². The van der Waals surface area contributed by atoms with Crippen LogP contribution < -0.4 is 10.1 Å². The molecule has 0 bridgehead atoms. The topological polar surface area (TPSA) is 60.2 Å². The van der Waals surface area contributed by atoms with Crippen LogP contribution in [0.15, 0.2) is 47.0 Å². The Labute approximate surface area is 137 Å². The van der Waals surface area contributed by atoms with Gasteiger partial charge in [-0.2, -0.15) is 4.98 Å². The third-order valence-electron chi connectivity index (χ3n) is 3.23. The molecule has 1 aromatic heterocycles. The lowest BCUT2D eigenvalue weighted by Gasteiger charge is -2.09. The summed E-state index contributed by atoms with van der Waals surface area (Å²) in [7, 11) is 0. The van der Waals surface area contributed by atoms with Crippen molar-refractivity contribution in [3.63, 3.8) is 0 Å². The highest BCUT2D eigenvalue weighted by Gasteiger charge is 2.07. The Balaban J connectivity index is 1.59. The first-order valence-corrected chi connectivity index (χ1v) is 7.30. The predicted molar refractivity (Wildman–Crippen MR) is 83.5 cm³/mol. The van der Waals surface area contributed by atoms with Crippen molar-refractivity contribution >= 4 is 5.69 Å². The highest BCUT2D eigenvalue weighted by Crippen LogP contribution is 2.22. The minimum Gasteiger partial charge on any atom is -0.486 e. The standard InChI is InChI=1S/C17H15F2N3O2/c1-11-21-17(24-22-11)9-20-14-5-6-16(15(19)8-14)23-10-12-3-2-4-13(18)7-12/h2-8,20H,9-10H2,1H3. The average molecular weight is 331 g/mol. The maximum Gasteiger partial charge on any atom is 0.245 e. The van der Waals surface area contributed by atoms with Gasteiger partial charge in [0.15, 0.2) is 17.4 Å². The number of halogens is 2. The number of benzene rings is 2. The second-order valence-electron chi connectivity index (χ2n) is 5.15. The van der Waals surface area contributed by atoms with Gasteiger partial charge in [-0.3, -0.25) is 0 Å². The highest BCUT2D eigenvalue weighted by atomic mass is 19.1. The van der Waals surface area contributed by atoms with E-state index in [2.05, 4.69) is 15.5 Å². The maximum atomic E-state index is 14.1. The molecule has 1 heterocycles. The van der Waals surface area contributed by atoms with Crippen LogP contribution in [-0.4, -0.2) is 10.1 Å². The van der Waals surface area contributed by atoms with Crippen LogP contribution >= 0.6 is 0 Å². The van der Waals surface area contributed by atoms with E-state index in [-0.39, 0.29) is 18.2 Å². The maximum absolute atomic E-state index is 14.1. The van der Waals surface area contributed by atoms with Crippen molar-refractivity contribution in [3.8, 4) is 5.75 Å². The Morgan fingerprint density at radius 3 is 2.75 bits per heavy atom. The van der Waals surface area contributed by atoms with Crippen LogP contribution in [0, 0.1) is 18.6 Å². The lowest BCUT2D eigenvalue weighted by molar-refractivity contribution is 0.290. The first-order valence-electron chi connectivity index (χ1n) is 7.30. The number of hydrogen-bond acceptors (Lipinski definition) is 5. The van der Waals surface area contributed by atoms with Gasteiger partial charge in [-0.05, 0) is 36.8 Å². The Hall–Kier alpha value is -2.96. The Bertz CT molecular complexity index is 836. The van der Waals surface area contributed by atoms with Gasteiger partial charge in [-0.1, -0.05) is 17.3 Å². The lowest BCUT2D eigenvalue weighted by Crippen LogP contribution is -2.02. The zero-order chi connectivity index (χ0) is 16.9. The van der Waals surface area contributed by atoms with E-state index in [0.29, 0.717) is 29.5 Å². The molecule has 0 aliphatic rings. The van der Waals surface area contributed by atoms with E-state index in [0.717, 1.165) is 0 Å². The van der Waals surface area contributed by atoms with E-state index in [9.17, 15) is 8.78 Å². The van der Waals surface area contributed by atoms with E-state index in [4.69, 9.17) is 9.26 Å². The monoisotopic (exact) mass is 331 g/mol. The molecule has 0 atom stereocenters. The summed E-state index contributed by atoms with van der Waals surface area (Å²) in [5, 5.41) is 6.66. The molecule has 2 aromatic carbocycles. The van der Waals surface area contributed by atoms with Crippen molar-refractivity contribution in [1.29, 1.82) is 0 Å². The second-order valence-corrected chi connectivity index (χ2v) is 5.15. The van der Waals surface area contributed by atoms with Gasteiger partial charge >= 0.3 is 0 Å². The van der Waals surface area contributed by atoms with Crippen molar-refractivity contribution in [3.05, 3.63) is 71.4 Å². The largest absolute Gasteiger partial charge is 0.486 e. The molecule has 0 saturated heterocycles. The Kier molecular flexibility index (Phi) is 4.69. The number of hydrogen-bond donors (Lipinski definition) is 1. The van der Waals surface area contributed by atoms with Gasteiger partial charge < -0.3 is 14.6 Å². The van der Waals surface area contributed by atoms with Gasteiger partial charge in [0.25, 0.3) is 0 Å². The fourth-order valence-corrected chi connectivity index (χ4v) is 2.11. The summed E-state index contributed by atoms with van der Waals surface area (Å²) >= 11 is 0. The molecule has 7 heteroatoms. The molecule has 124 valence electrons. The van der Waals surface area contributed by atoms with Crippen LogP contribution in [0.3, 0.4) is 0 Å². The zero-order valence-corrected chi connectivity index (χ0v) is 12.9. The van der Waals surface area contributed by atoms with Crippen LogP contribution in [-0.2, 0) is 13.2 Å². The molecule has 0 unspecified atom stereocenters. The van der Waals surface area contributed by atoms with E-state index >= 15 is 0 Å².